The Labute approximate surface area is 187 Å². The number of aliphatic imine (C=N–C) groups is 1. The van der Waals surface area contributed by atoms with Gasteiger partial charge in [0.1, 0.15) is 0 Å². The number of benzodiazepines with no additional fused rings is 1. The second kappa shape index (κ2) is 9.12. The van der Waals surface area contributed by atoms with E-state index in [0.717, 1.165) is 16.8 Å². The molecule has 1 amide bonds. The number of fused-ring (bicyclic) bond motifs is 1. The molecule has 0 saturated carbocycles. The molecular weight excluding hydrogens is 418 g/mol. The Bertz CT molecular complexity index is 977. The average Bonchev–Trinajstić information content (AvgIpc) is 2.83. The van der Waals surface area contributed by atoms with Crippen molar-refractivity contribution >= 4 is 46.2 Å². The van der Waals surface area contributed by atoms with E-state index >= 15 is 0 Å². The predicted molar refractivity (Wildman–Crippen MR) is 127 cm³/mol. The molecule has 0 fully saturated rings. The van der Waals surface area contributed by atoms with E-state index in [1.807, 2.05) is 56.3 Å². The maximum absolute atomic E-state index is 13.2. The largest absolute Gasteiger partial charge is 0.362 e. The van der Waals surface area contributed by atoms with Gasteiger partial charge in [-0.3, -0.25) is 4.79 Å². The SMILES string of the molecule is CN1C(=O)C(NC(=S)NCC(C)(C)CN)N=C(c2ccccc2)c2cc(Cl)ccc21. The van der Waals surface area contributed by atoms with Gasteiger partial charge in [-0.25, -0.2) is 4.99 Å². The summed E-state index contributed by atoms with van der Waals surface area (Å²) < 4.78 is 0. The molecule has 3 rings (SSSR count). The zero-order chi connectivity index (χ0) is 21.9. The monoisotopic (exact) mass is 443 g/mol. The first-order chi connectivity index (χ1) is 14.2. The number of halogens is 1. The van der Waals surface area contributed by atoms with Crippen LogP contribution in [0.15, 0.2) is 53.5 Å². The minimum atomic E-state index is -0.877. The third kappa shape index (κ3) is 4.98. The van der Waals surface area contributed by atoms with Gasteiger partial charge in [-0.15, -0.1) is 0 Å². The molecule has 6 nitrogen and oxygen atoms in total. The van der Waals surface area contributed by atoms with Gasteiger partial charge in [0.15, 0.2) is 5.11 Å². The molecule has 1 aliphatic rings. The highest BCUT2D eigenvalue weighted by atomic mass is 35.5. The van der Waals surface area contributed by atoms with Crippen molar-refractivity contribution in [3.05, 3.63) is 64.7 Å². The first-order valence-electron chi connectivity index (χ1n) is 9.67. The molecule has 0 saturated heterocycles. The molecule has 1 atom stereocenters. The number of amides is 1. The van der Waals surface area contributed by atoms with Gasteiger partial charge in [-0.2, -0.15) is 0 Å². The summed E-state index contributed by atoms with van der Waals surface area (Å²) in [4.78, 5) is 19.5. The Balaban J connectivity index is 1.97. The first-order valence-corrected chi connectivity index (χ1v) is 10.5. The van der Waals surface area contributed by atoms with Crippen molar-refractivity contribution < 1.29 is 4.79 Å². The molecule has 8 heteroatoms. The zero-order valence-electron chi connectivity index (χ0n) is 17.3. The first kappa shape index (κ1) is 22.2. The molecule has 30 heavy (non-hydrogen) atoms. The molecule has 0 radical (unpaired) electrons. The summed E-state index contributed by atoms with van der Waals surface area (Å²) >= 11 is 11.7. The van der Waals surface area contributed by atoms with Crippen LogP contribution >= 0.6 is 23.8 Å². The molecule has 158 valence electrons. The van der Waals surface area contributed by atoms with Gasteiger partial charge in [0, 0.05) is 29.7 Å². The van der Waals surface area contributed by atoms with Crippen molar-refractivity contribution in [2.24, 2.45) is 16.1 Å². The molecule has 2 aromatic carbocycles. The Hall–Kier alpha value is -2.48. The number of likely N-dealkylation sites (N-methyl/N-ethyl adjacent to an activating group) is 1. The fraction of sp³-hybridized carbons (Fsp3) is 0.318. The van der Waals surface area contributed by atoms with Crippen molar-refractivity contribution in [2.45, 2.75) is 20.0 Å². The standard InChI is InChI=1S/C22H26ClN5OS/c1-22(2,12-24)13-25-21(30)27-19-20(29)28(3)17-10-9-15(23)11-16(17)18(26-19)14-7-5-4-6-8-14/h4-11,19H,12-13,24H2,1-3H3,(H2,25,27,30). The van der Waals surface area contributed by atoms with Crippen LogP contribution in [0.5, 0.6) is 0 Å². The number of benzene rings is 2. The average molecular weight is 444 g/mol. The van der Waals surface area contributed by atoms with Gasteiger partial charge in [0.05, 0.1) is 11.4 Å². The zero-order valence-corrected chi connectivity index (χ0v) is 18.8. The van der Waals surface area contributed by atoms with E-state index in [9.17, 15) is 4.79 Å². The minimum absolute atomic E-state index is 0.124. The lowest BCUT2D eigenvalue weighted by molar-refractivity contribution is -0.119. The highest BCUT2D eigenvalue weighted by Crippen LogP contribution is 2.29. The lowest BCUT2D eigenvalue weighted by Crippen LogP contribution is -2.51. The molecule has 1 unspecified atom stereocenters. The lowest BCUT2D eigenvalue weighted by Gasteiger charge is -2.25. The summed E-state index contributed by atoms with van der Waals surface area (Å²) in [7, 11) is 1.72. The number of nitrogens with two attached hydrogens (primary N) is 1. The molecule has 0 spiro atoms. The third-order valence-corrected chi connectivity index (χ3v) is 5.49. The normalized spacial score (nSPS) is 16.4. The number of rotatable bonds is 5. The van der Waals surface area contributed by atoms with Gasteiger partial charge in [-0.1, -0.05) is 55.8 Å². The summed E-state index contributed by atoms with van der Waals surface area (Å²) in [5.41, 5.74) is 8.75. The minimum Gasteiger partial charge on any atom is -0.362 e. The predicted octanol–water partition coefficient (Wildman–Crippen LogP) is 2.93. The Kier molecular flexibility index (Phi) is 6.75. The van der Waals surface area contributed by atoms with E-state index in [-0.39, 0.29) is 11.3 Å². The second-order valence-electron chi connectivity index (χ2n) is 8.00. The summed E-state index contributed by atoms with van der Waals surface area (Å²) in [5, 5.41) is 7.12. The number of carbonyl (C=O) groups is 1. The van der Waals surface area contributed by atoms with Crippen molar-refractivity contribution in [1.29, 1.82) is 0 Å². The van der Waals surface area contributed by atoms with Crippen LogP contribution in [0, 0.1) is 5.41 Å². The smallest absolute Gasteiger partial charge is 0.272 e. The van der Waals surface area contributed by atoms with Crippen molar-refractivity contribution in [2.75, 3.05) is 25.0 Å². The number of anilines is 1. The van der Waals surface area contributed by atoms with Crippen molar-refractivity contribution in [3.63, 3.8) is 0 Å². The molecule has 1 heterocycles. The van der Waals surface area contributed by atoms with Crippen molar-refractivity contribution in [1.82, 2.24) is 10.6 Å². The lowest BCUT2D eigenvalue weighted by atomic mass is 9.94. The number of nitrogens with one attached hydrogen (secondary N) is 2. The van der Waals surface area contributed by atoms with E-state index < -0.39 is 6.17 Å². The van der Waals surface area contributed by atoms with Crippen LogP contribution in [0.4, 0.5) is 5.69 Å². The third-order valence-electron chi connectivity index (χ3n) is 4.99. The highest BCUT2D eigenvalue weighted by Gasteiger charge is 2.30. The van der Waals surface area contributed by atoms with Gasteiger partial charge in [-0.05, 0) is 42.4 Å². The van der Waals surface area contributed by atoms with E-state index in [2.05, 4.69) is 10.6 Å². The van der Waals surface area contributed by atoms with E-state index in [4.69, 9.17) is 34.5 Å². The van der Waals surface area contributed by atoms with Crippen LogP contribution in [0.2, 0.25) is 5.02 Å². The summed E-state index contributed by atoms with van der Waals surface area (Å²) in [6.07, 6.45) is -0.877. The van der Waals surface area contributed by atoms with E-state index in [1.165, 1.54) is 0 Å². The van der Waals surface area contributed by atoms with Gasteiger partial charge >= 0.3 is 0 Å². The van der Waals surface area contributed by atoms with E-state index in [1.54, 1.807) is 18.0 Å². The quantitative estimate of drug-likeness (QED) is 0.619. The van der Waals surface area contributed by atoms with Gasteiger partial charge < -0.3 is 21.3 Å². The molecule has 1 aliphatic heterocycles. The second-order valence-corrected chi connectivity index (χ2v) is 8.85. The molecule has 0 aromatic heterocycles. The van der Waals surface area contributed by atoms with Crippen LogP contribution in [0.3, 0.4) is 0 Å². The Morgan fingerprint density at radius 1 is 1.27 bits per heavy atom. The van der Waals surface area contributed by atoms with Crippen LogP contribution in [-0.2, 0) is 4.79 Å². The van der Waals surface area contributed by atoms with Crippen LogP contribution in [-0.4, -0.2) is 43.0 Å². The molecular formula is C22H26ClN5OS. The number of hydrogen-bond donors (Lipinski definition) is 3. The Morgan fingerprint density at radius 2 is 1.97 bits per heavy atom. The number of nitrogens with zero attached hydrogens (tertiary/aromatic N) is 2. The fourth-order valence-electron chi connectivity index (χ4n) is 3.03. The van der Waals surface area contributed by atoms with Crippen LogP contribution in [0.1, 0.15) is 25.0 Å². The van der Waals surface area contributed by atoms with E-state index in [0.29, 0.717) is 28.9 Å². The molecule has 0 aliphatic carbocycles. The number of carbonyl (C=O) groups excluding carboxylic acids is 1. The molecule has 0 bridgehead atoms. The molecule has 4 N–H and O–H groups in total. The van der Waals surface area contributed by atoms with Gasteiger partial charge in [0.25, 0.3) is 5.91 Å². The summed E-state index contributed by atoms with van der Waals surface area (Å²) in [6.45, 7) is 5.18. The van der Waals surface area contributed by atoms with Crippen LogP contribution in [0.25, 0.3) is 0 Å². The maximum Gasteiger partial charge on any atom is 0.272 e. The summed E-state index contributed by atoms with van der Waals surface area (Å²) in [5.74, 6) is -0.216. The summed E-state index contributed by atoms with van der Waals surface area (Å²) in [6, 6.07) is 15.1. The highest BCUT2D eigenvalue weighted by molar-refractivity contribution is 7.80. The van der Waals surface area contributed by atoms with Crippen molar-refractivity contribution in [3.8, 4) is 0 Å². The fourth-order valence-corrected chi connectivity index (χ4v) is 3.39. The number of hydrogen-bond acceptors (Lipinski definition) is 4. The Morgan fingerprint density at radius 3 is 2.63 bits per heavy atom. The van der Waals surface area contributed by atoms with Gasteiger partial charge in [0.2, 0.25) is 6.17 Å². The number of thiocarbonyl (C=S) groups is 1. The maximum atomic E-state index is 13.2. The molecule has 2 aromatic rings. The topological polar surface area (TPSA) is 82.8 Å². The van der Waals surface area contributed by atoms with Crippen LogP contribution < -0.4 is 21.3 Å².